The van der Waals surface area contributed by atoms with Crippen LogP contribution in [0, 0.1) is 0 Å². The van der Waals surface area contributed by atoms with Gasteiger partial charge >= 0.3 is 0 Å². The summed E-state index contributed by atoms with van der Waals surface area (Å²) in [6.45, 7) is 5.30. The smallest absolute Gasteiger partial charge is 0.191 e. The van der Waals surface area contributed by atoms with E-state index in [0.29, 0.717) is 6.54 Å². The van der Waals surface area contributed by atoms with E-state index >= 15 is 0 Å². The maximum atomic E-state index is 5.94. The van der Waals surface area contributed by atoms with Crippen molar-refractivity contribution in [2.24, 2.45) is 4.99 Å². The molecule has 19 heavy (non-hydrogen) atoms. The Morgan fingerprint density at radius 3 is 2.58 bits per heavy atom. The summed E-state index contributed by atoms with van der Waals surface area (Å²) in [5.74, 6) is 0.820. The zero-order chi connectivity index (χ0) is 13.7. The first-order valence-electron chi connectivity index (χ1n) is 6.52. The van der Waals surface area contributed by atoms with Crippen LogP contribution in [0.4, 0.5) is 0 Å². The zero-order valence-corrected chi connectivity index (χ0v) is 12.0. The van der Waals surface area contributed by atoms with Crippen LogP contribution >= 0.6 is 11.6 Å². The summed E-state index contributed by atoms with van der Waals surface area (Å²) in [6, 6.07) is 8.16. The van der Waals surface area contributed by atoms with Crippen LogP contribution < -0.4 is 10.6 Å². The number of nitrogens with zero attached hydrogens (tertiary/aromatic N) is 1. The fourth-order valence-corrected chi connectivity index (χ4v) is 2.29. The molecule has 0 saturated heterocycles. The van der Waals surface area contributed by atoms with Crippen LogP contribution in [0.25, 0.3) is 0 Å². The van der Waals surface area contributed by atoms with Gasteiger partial charge < -0.3 is 10.6 Å². The van der Waals surface area contributed by atoms with Crippen LogP contribution in [0.2, 0.25) is 5.02 Å². The highest BCUT2D eigenvalue weighted by molar-refractivity contribution is 6.30. The van der Waals surface area contributed by atoms with Crippen molar-refractivity contribution in [3.05, 3.63) is 47.5 Å². The maximum absolute atomic E-state index is 5.94. The van der Waals surface area contributed by atoms with Gasteiger partial charge in [-0.15, -0.1) is 6.58 Å². The number of benzene rings is 1. The number of guanidine groups is 1. The zero-order valence-electron chi connectivity index (χ0n) is 11.2. The predicted molar refractivity (Wildman–Crippen MR) is 81.9 cm³/mol. The largest absolute Gasteiger partial charge is 0.356 e. The average Bonchev–Trinajstić information content (AvgIpc) is 3.21. The fraction of sp³-hybridized carbons (Fsp3) is 0.400. The van der Waals surface area contributed by atoms with Gasteiger partial charge in [-0.25, -0.2) is 0 Å². The minimum absolute atomic E-state index is 0.246. The molecule has 0 atom stereocenters. The van der Waals surface area contributed by atoms with Crippen LogP contribution in [0.15, 0.2) is 41.9 Å². The minimum Gasteiger partial charge on any atom is -0.356 e. The highest BCUT2D eigenvalue weighted by atomic mass is 35.5. The van der Waals surface area contributed by atoms with E-state index in [1.165, 1.54) is 18.4 Å². The molecule has 1 aliphatic carbocycles. The first-order chi connectivity index (χ1) is 9.20. The van der Waals surface area contributed by atoms with Crippen LogP contribution in [-0.4, -0.2) is 26.1 Å². The van der Waals surface area contributed by atoms with Gasteiger partial charge in [0.15, 0.2) is 5.96 Å². The van der Waals surface area contributed by atoms with Crippen molar-refractivity contribution in [1.82, 2.24) is 10.6 Å². The summed E-state index contributed by atoms with van der Waals surface area (Å²) in [4.78, 5) is 4.19. The van der Waals surface area contributed by atoms with Crippen molar-refractivity contribution < 1.29 is 0 Å². The lowest BCUT2D eigenvalue weighted by Crippen LogP contribution is -2.41. The first-order valence-corrected chi connectivity index (χ1v) is 6.89. The van der Waals surface area contributed by atoms with Crippen molar-refractivity contribution in [1.29, 1.82) is 0 Å². The second kappa shape index (κ2) is 6.11. The van der Waals surface area contributed by atoms with Gasteiger partial charge in [0.2, 0.25) is 0 Å². The Labute approximate surface area is 119 Å². The van der Waals surface area contributed by atoms with Crippen molar-refractivity contribution in [3.63, 3.8) is 0 Å². The molecule has 2 N–H and O–H groups in total. The van der Waals surface area contributed by atoms with E-state index in [-0.39, 0.29) is 5.41 Å². The SMILES string of the molecule is C=CCNC(=NC)NCC1(c2ccc(Cl)cc2)CC1. The topological polar surface area (TPSA) is 36.4 Å². The molecule has 1 saturated carbocycles. The van der Waals surface area contributed by atoms with Gasteiger partial charge in [0.05, 0.1) is 0 Å². The molecule has 0 unspecified atom stereocenters. The third-order valence-corrected chi connectivity index (χ3v) is 3.79. The van der Waals surface area contributed by atoms with Gasteiger partial charge in [-0.05, 0) is 30.5 Å². The molecule has 1 aromatic carbocycles. The second-order valence-corrected chi connectivity index (χ2v) is 5.32. The van der Waals surface area contributed by atoms with E-state index in [1.807, 2.05) is 18.2 Å². The molecule has 0 aromatic heterocycles. The van der Waals surface area contributed by atoms with Gasteiger partial charge in [-0.3, -0.25) is 4.99 Å². The molecule has 0 bridgehead atoms. The number of hydrogen-bond donors (Lipinski definition) is 2. The van der Waals surface area contributed by atoms with Crippen LogP contribution in [-0.2, 0) is 5.41 Å². The Bertz CT molecular complexity index is 461. The summed E-state index contributed by atoms with van der Waals surface area (Å²) in [5, 5.41) is 7.35. The minimum atomic E-state index is 0.246. The van der Waals surface area contributed by atoms with E-state index in [9.17, 15) is 0 Å². The van der Waals surface area contributed by atoms with Crippen molar-refractivity contribution >= 4 is 17.6 Å². The summed E-state index contributed by atoms with van der Waals surface area (Å²) in [7, 11) is 1.78. The van der Waals surface area contributed by atoms with Crippen molar-refractivity contribution in [2.75, 3.05) is 20.1 Å². The van der Waals surface area contributed by atoms with Crippen LogP contribution in [0.5, 0.6) is 0 Å². The number of halogens is 1. The lowest BCUT2D eigenvalue weighted by atomic mass is 9.96. The highest BCUT2D eigenvalue weighted by Gasteiger charge is 2.44. The third-order valence-electron chi connectivity index (χ3n) is 3.54. The quantitative estimate of drug-likeness (QED) is 0.493. The second-order valence-electron chi connectivity index (χ2n) is 4.88. The van der Waals surface area contributed by atoms with Crippen LogP contribution in [0.1, 0.15) is 18.4 Å². The van der Waals surface area contributed by atoms with E-state index in [0.717, 1.165) is 17.5 Å². The molecule has 1 fully saturated rings. The van der Waals surface area contributed by atoms with Gasteiger partial charge in [-0.2, -0.15) is 0 Å². The van der Waals surface area contributed by atoms with E-state index in [4.69, 9.17) is 11.6 Å². The van der Waals surface area contributed by atoms with Gasteiger partial charge in [0, 0.05) is 30.6 Å². The Kier molecular flexibility index (Phi) is 4.48. The van der Waals surface area contributed by atoms with E-state index < -0.39 is 0 Å². The monoisotopic (exact) mass is 277 g/mol. The summed E-state index contributed by atoms with van der Waals surface area (Å²) >= 11 is 5.94. The molecule has 2 rings (SSSR count). The Balaban J connectivity index is 1.95. The van der Waals surface area contributed by atoms with Gasteiger partial charge in [0.1, 0.15) is 0 Å². The normalized spacial score (nSPS) is 16.8. The molecule has 0 heterocycles. The van der Waals surface area contributed by atoms with Gasteiger partial charge in [0.25, 0.3) is 0 Å². The lowest BCUT2D eigenvalue weighted by Gasteiger charge is -2.18. The summed E-state index contributed by atoms with van der Waals surface area (Å²) < 4.78 is 0. The summed E-state index contributed by atoms with van der Waals surface area (Å²) in [5.41, 5.74) is 1.60. The predicted octanol–water partition coefficient (Wildman–Crippen LogP) is 2.72. The Morgan fingerprint density at radius 1 is 1.37 bits per heavy atom. The molecule has 1 aromatic rings. The van der Waals surface area contributed by atoms with Crippen molar-refractivity contribution in [2.45, 2.75) is 18.3 Å². The Hall–Kier alpha value is -1.48. The molecule has 0 radical (unpaired) electrons. The number of nitrogens with one attached hydrogen (secondary N) is 2. The number of aliphatic imine (C=N–C) groups is 1. The maximum Gasteiger partial charge on any atom is 0.191 e. The molecule has 1 aliphatic rings. The van der Waals surface area contributed by atoms with Crippen LogP contribution in [0.3, 0.4) is 0 Å². The standard InChI is InChI=1S/C15H20ClN3/c1-3-10-18-14(17-2)19-11-15(8-9-15)12-4-6-13(16)7-5-12/h3-7H,1,8-11H2,2H3,(H2,17,18,19). The lowest BCUT2D eigenvalue weighted by molar-refractivity contribution is 0.649. The molecular weight excluding hydrogens is 258 g/mol. The van der Waals surface area contributed by atoms with E-state index in [1.54, 1.807) is 7.05 Å². The Morgan fingerprint density at radius 2 is 2.05 bits per heavy atom. The molecule has 4 heteroatoms. The molecule has 0 amide bonds. The third kappa shape index (κ3) is 3.51. The summed E-state index contributed by atoms with van der Waals surface area (Å²) in [6.07, 6.45) is 4.24. The van der Waals surface area contributed by atoms with E-state index in [2.05, 4.69) is 34.3 Å². The van der Waals surface area contributed by atoms with Gasteiger partial charge in [-0.1, -0.05) is 29.8 Å². The number of hydrogen-bond acceptors (Lipinski definition) is 1. The molecule has 102 valence electrons. The first kappa shape index (κ1) is 13.9. The molecule has 0 spiro atoms. The molecular formula is C15H20ClN3. The average molecular weight is 278 g/mol. The molecule has 0 aliphatic heterocycles. The highest BCUT2D eigenvalue weighted by Crippen LogP contribution is 2.47. The fourth-order valence-electron chi connectivity index (χ4n) is 2.16. The van der Waals surface area contributed by atoms with Crippen molar-refractivity contribution in [3.8, 4) is 0 Å². The number of rotatable bonds is 5. The molecule has 3 nitrogen and oxygen atoms in total.